The second kappa shape index (κ2) is 8.96. The molecule has 5 heteroatoms. The summed E-state index contributed by atoms with van der Waals surface area (Å²) in [5.41, 5.74) is 1.03. The predicted octanol–water partition coefficient (Wildman–Crippen LogP) is 3.58. The minimum atomic E-state index is -0.184. The lowest BCUT2D eigenvalue weighted by Gasteiger charge is -2.38. The minimum Gasteiger partial charge on any atom is -0.487 e. The molecule has 0 spiro atoms. The van der Waals surface area contributed by atoms with E-state index in [9.17, 15) is 0 Å². The van der Waals surface area contributed by atoms with E-state index < -0.39 is 0 Å². The number of nitrogens with one attached hydrogen (secondary N) is 2. The second-order valence-electron chi connectivity index (χ2n) is 8.54. The van der Waals surface area contributed by atoms with Gasteiger partial charge in [0.15, 0.2) is 5.96 Å². The van der Waals surface area contributed by atoms with E-state index in [1.165, 1.54) is 44.5 Å². The Kier molecular flexibility index (Phi) is 6.64. The molecule has 1 fully saturated rings. The van der Waals surface area contributed by atoms with Gasteiger partial charge in [0.2, 0.25) is 0 Å². The monoisotopic (exact) mass is 372 g/mol. The Bertz CT molecular complexity index is 635. The summed E-state index contributed by atoms with van der Waals surface area (Å²) >= 11 is 0. The van der Waals surface area contributed by atoms with Crippen LogP contribution in [0.4, 0.5) is 0 Å². The summed E-state index contributed by atoms with van der Waals surface area (Å²) in [7, 11) is 1.86. The minimum absolute atomic E-state index is 0.184. The zero-order valence-electron chi connectivity index (χ0n) is 17.4. The van der Waals surface area contributed by atoms with Crippen molar-refractivity contribution in [1.82, 2.24) is 15.5 Å². The third-order valence-electron chi connectivity index (χ3n) is 5.72. The number of nitrogens with zero attached hydrogens (tertiary/aromatic N) is 2. The van der Waals surface area contributed by atoms with Crippen molar-refractivity contribution in [2.24, 2.45) is 10.9 Å². The van der Waals surface area contributed by atoms with Gasteiger partial charge in [0.1, 0.15) is 11.4 Å². The number of rotatable bonds is 5. The average Bonchev–Trinajstić information content (AvgIpc) is 2.65. The number of guanidine groups is 1. The first-order chi connectivity index (χ1) is 13.0. The van der Waals surface area contributed by atoms with E-state index in [2.05, 4.69) is 59.5 Å². The fourth-order valence-corrected chi connectivity index (χ4v) is 4.26. The van der Waals surface area contributed by atoms with Crippen molar-refractivity contribution < 1.29 is 4.74 Å². The molecule has 2 heterocycles. The van der Waals surface area contributed by atoms with E-state index in [4.69, 9.17) is 4.74 Å². The van der Waals surface area contributed by atoms with Crippen LogP contribution in [0, 0.1) is 5.92 Å². The Morgan fingerprint density at radius 1 is 1.26 bits per heavy atom. The van der Waals surface area contributed by atoms with Crippen LogP contribution in [0.1, 0.15) is 58.1 Å². The number of benzene rings is 1. The van der Waals surface area contributed by atoms with Crippen LogP contribution < -0.4 is 15.4 Å². The maximum absolute atomic E-state index is 6.14. The molecule has 1 saturated heterocycles. The number of hydrogen-bond donors (Lipinski definition) is 2. The molecule has 1 aromatic carbocycles. The SMILES string of the molecule is CCCN1CCC(CNC(=NC)NC2CC(C)(C)Oc3ccccc32)CC1. The molecule has 5 nitrogen and oxygen atoms in total. The molecule has 150 valence electrons. The van der Waals surface area contributed by atoms with E-state index >= 15 is 0 Å². The van der Waals surface area contributed by atoms with E-state index in [0.717, 1.165) is 30.6 Å². The third-order valence-corrected chi connectivity index (χ3v) is 5.72. The molecular weight excluding hydrogens is 336 g/mol. The van der Waals surface area contributed by atoms with Crippen LogP contribution in [-0.2, 0) is 0 Å². The highest BCUT2D eigenvalue weighted by molar-refractivity contribution is 5.80. The first-order valence-electron chi connectivity index (χ1n) is 10.5. The number of para-hydroxylation sites is 1. The molecule has 1 aromatic rings. The van der Waals surface area contributed by atoms with Gasteiger partial charge in [0.25, 0.3) is 0 Å². The first kappa shape index (κ1) is 20.0. The fraction of sp³-hybridized carbons (Fsp3) is 0.682. The maximum Gasteiger partial charge on any atom is 0.191 e. The van der Waals surface area contributed by atoms with Gasteiger partial charge in [0, 0.05) is 25.6 Å². The molecule has 1 unspecified atom stereocenters. The van der Waals surface area contributed by atoms with Gasteiger partial charge in [0.05, 0.1) is 6.04 Å². The van der Waals surface area contributed by atoms with Gasteiger partial charge in [-0.3, -0.25) is 4.99 Å². The Hall–Kier alpha value is -1.75. The molecule has 0 amide bonds. The average molecular weight is 373 g/mol. The highest BCUT2D eigenvalue weighted by atomic mass is 16.5. The molecule has 0 aromatic heterocycles. The van der Waals surface area contributed by atoms with Crippen LogP contribution in [0.3, 0.4) is 0 Å². The summed E-state index contributed by atoms with van der Waals surface area (Å²) in [5, 5.41) is 7.21. The van der Waals surface area contributed by atoms with Gasteiger partial charge < -0.3 is 20.3 Å². The van der Waals surface area contributed by atoms with Crippen LogP contribution >= 0.6 is 0 Å². The Balaban J connectivity index is 1.55. The number of fused-ring (bicyclic) bond motifs is 1. The molecule has 0 bridgehead atoms. The lowest BCUT2D eigenvalue weighted by molar-refractivity contribution is 0.0694. The lowest BCUT2D eigenvalue weighted by Crippen LogP contribution is -2.47. The van der Waals surface area contributed by atoms with Gasteiger partial charge in [-0.25, -0.2) is 0 Å². The molecule has 3 rings (SSSR count). The van der Waals surface area contributed by atoms with Crippen molar-refractivity contribution in [3.05, 3.63) is 29.8 Å². The largest absolute Gasteiger partial charge is 0.487 e. The molecular formula is C22H36N4O. The standard InChI is InChI=1S/C22H36N4O/c1-5-12-26-13-10-17(11-14-26)16-24-21(23-4)25-19-15-22(2,3)27-20-9-7-6-8-18(19)20/h6-9,17,19H,5,10-16H2,1-4H3,(H2,23,24,25). The first-order valence-corrected chi connectivity index (χ1v) is 10.5. The van der Waals surface area contributed by atoms with Crippen LogP contribution in [0.2, 0.25) is 0 Å². The van der Waals surface area contributed by atoms with Gasteiger partial charge >= 0.3 is 0 Å². The number of likely N-dealkylation sites (tertiary alicyclic amines) is 1. The molecule has 0 aliphatic carbocycles. The van der Waals surface area contributed by atoms with Gasteiger partial charge in [-0.1, -0.05) is 25.1 Å². The highest BCUT2D eigenvalue weighted by Crippen LogP contribution is 2.39. The van der Waals surface area contributed by atoms with Crippen molar-refractivity contribution in [2.75, 3.05) is 33.2 Å². The fourth-order valence-electron chi connectivity index (χ4n) is 4.26. The summed E-state index contributed by atoms with van der Waals surface area (Å²) in [6.07, 6.45) is 4.72. The van der Waals surface area contributed by atoms with Gasteiger partial charge in [-0.2, -0.15) is 0 Å². The van der Waals surface area contributed by atoms with Crippen LogP contribution in [0.5, 0.6) is 5.75 Å². The summed E-state index contributed by atoms with van der Waals surface area (Å²) in [4.78, 5) is 7.06. The van der Waals surface area contributed by atoms with Crippen LogP contribution in [0.15, 0.2) is 29.3 Å². The maximum atomic E-state index is 6.14. The van der Waals surface area contributed by atoms with Crippen molar-refractivity contribution >= 4 is 5.96 Å². The van der Waals surface area contributed by atoms with Crippen molar-refractivity contribution in [2.45, 2.75) is 58.1 Å². The Morgan fingerprint density at radius 2 is 2.00 bits per heavy atom. The predicted molar refractivity (Wildman–Crippen MR) is 112 cm³/mol. The summed E-state index contributed by atoms with van der Waals surface area (Å²) in [6, 6.07) is 8.54. The molecule has 0 saturated carbocycles. The normalized spacial score (nSPS) is 23.4. The topological polar surface area (TPSA) is 48.9 Å². The quantitative estimate of drug-likeness (QED) is 0.613. The van der Waals surface area contributed by atoms with E-state index in [1.807, 2.05) is 13.1 Å². The van der Waals surface area contributed by atoms with Gasteiger partial charge in [-0.05, 0) is 64.7 Å². The second-order valence-corrected chi connectivity index (χ2v) is 8.54. The number of hydrogen-bond acceptors (Lipinski definition) is 3. The Labute approximate surface area is 164 Å². The van der Waals surface area contributed by atoms with Crippen molar-refractivity contribution in [3.8, 4) is 5.75 Å². The number of piperidine rings is 1. The molecule has 27 heavy (non-hydrogen) atoms. The molecule has 0 radical (unpaired) electrons. The molecule has 2 N–H and O–H groups in total. The molecule has 2 aliphatic heterocycles. The van der Waals surface area contributed by atoms with Crippen molar-refractivity contribution in [1.29, 1.82) is 0 Å². The number of ether oxygens (including phenoxy) is 1. The van der Waals surface area contributed by atoms with Crippen LogP contribution in [0.25, 0.3) is 0 Å². The van der Waals surface area contributed by atoms with E-state index in [-0.39, 0.29) is 11.6 Å². The highest BCUT2D eigenvalue weighted by Gasteiger charge is 2.34. The zero-order chi connectivity index (χ0) is 19.3. The third kappa shape index (κ3) is 5.38. The lowest BCUT2D eigenvalue weighted by atomic mass is 9.90. The molecule has 1 atom stereocenters. The van der Waals surface area contributed by atoms with Crippen LogP contribution in [-0.4, -0.2) is 49.7 Å². The zero-order valence-corrected chi connectivity index (χ0v) is 17.4. The summed E-state index contributed by atoms with van der Waals surface area (Å²) < 4.78 is 6.14. The number of aliphatic imine (C=N–C) groups is 1. The summed E-state index contributed by atoms with van der Waals surface area (Å²) in [6.45, 7) is 11.3. The van der Waals surface area contributed by atoms with Crippen molar-refractivity contribution in [3.63, 3.8) is 0 Å². The Morgan fingerprint density at radius 3 is 2.70 bits per heavy atom. The van der Waals surface area contributed by atoms with Gasteiger partial charge in [-0.15, -0.1) is 0 Å². The van der Waals surface area contributed by atoms with E-state index in [0.29, 0.717) is 0 Å². The smallest absolute Gasteiger partial charge is 0.191 e. The summed E-state index contributed by atoms with van der Waals surface area (Å²) in [5.74, 6) is 2.60. The van der Waals surface area contributed by atoms with E-state index in [1.54, 1.807) is 0 Å². The molecule has 2 aliphatic rings.